The number of rotatable bonds is 4. The Kier molecular flexibility index (Phi) is 6.50. The van der Waals surface area contributed by atoms with Crippen LogP contribution in [0.1, 0.15) is 50.8 Å². The van der Waals surface area contributed by atoms with E-state index < -0.39 is 0 Å². The van der Waals surface area contributed by atoms with E-state index >= 15 is 0 Å². The van der Waals surface area contributed by atoms with Crippen molar-refractivity contribution >= 4 is 24.0 Å². The van der Waals surface area contributed by atoms with Gasteiger partial charge in [0.05, 0.1) is 0 Å². The Hall–Kier alpha value is -1.92. The number of nitrogens with two attached hydrogens (primary N) is 1. The summed E-state index contributed by atoms with van der Waals surface area (Å²) < 4.78 is 2.24. The van der Waals surface area contributed by atoms with E-state index in [1.165, 1.54) is 19.3 Å². The van der Waals surface area contributed by atoms with Gasteiger partial charge in [0, 0.05) is 36.7 Å². The fourth-order valence-corrected chi connectivity index (χ4v) is 4.17. The number of anilines is 1. The molecule has 2 aromatic rings. The molecule has 0 radical (unpaired) electrons. The molecule has 1 saturated carbocycles. The summed E-state index contributed by atoms with van der Waals surface area (Å²) in [4.78, 5) is 12.3. The molecule has 1 aliphatic carbocycles. The van der Waals surface area contributed by atoms with Gasteiger partial charge in [0.1, 0.15) is 5.82 Å². The van der Waals surface area contributed by atoms with Crippen molar-refractivity contribution in [3.63, 3.8) is 0 Å². The Morgan fingerprint density at radius 1 is 1.11 bits per heavy atom. The summed E-state index contributed by atoms with van der Waals surface area (Å²) >= 11 is 0. The first-order chi connectivity index (χ1) is 12.7. The molecule has 2 heterocycles. The molecule has 0 unspecified atom stereocenters. The van der Waals surface area contributed by atoms with Crippen LogP contribution in [0, 0.1) is 5.92 Å². The van der Waals surface area contributed by atoms with Crippen LogP contribution >= 0.6 is 12.4 Å². The molecule has 0 spiro atoms. The monoisotopic (exact) mass is 389 g/mol. The fourth-order valence-electron chi connectivity index (χ4n) is 4.17. The maximum Gasteiger partial charge on any atom is 0.224 e. The number of carbonyl (C=O) groups is 1. The van der Waals surface area contributed by atoms with Gasteiger partial charge in [0.2, 0.25) is 5.91 Å². The number of nitrogens with zero attached hydrogens (tertiary/aromatic N) is 3. The molecule has 1 amide bonds. The summed E-state index contributed by atoms with van der Waals surface area (Å²) in [5.41, 5.74) is 7.93. The van der Waals surface area contributed by atoms with Gasteiger partial charge in [-0.15, -0.1) is 22.6 Å². The minimum absolute atomic E-state index is 0. The Balaban J connectivity index is 0.00000210. The standard InChI is InChI=1S/C20H27N5O.ClH/c21-17-6-4-5-15(17)13-19(26)22-16-10-8-14(9-11-16)20-24-23-18-7-2-1-3-12-25(18)20;/h8-11,15,17H,1-7,12-13,21H2,(H,22,26);1H/t15-,17+;/m0./s1. The molecule has 4 rings (SSSR count). The number of nitrogens with one attached hydrogen (secondary N) is 1. The number of amides is 1. The molecule has 0 bridgehead atoms. The third-order valence-corrected chi connectivity index (χ3v) is 5.70. The Labute approximate surface area is 166 Å². The molecule has 2 aliphatic rings. The van der Waals surface area contributed by atoms with E-state index in [1.807, 2.05) is 24.3 Å². The smallest absolute Gasteiger partial charge is 0.224 e. The lowest BCUT2D eigenvalue weighted by Crippen LogP contribution is -2.28. The van der Waals surface area contributed by atoms with Gasteiger partial charge in [-0.05, 0) is 55.9 Å². The van der Waals surface area contributed by atoms with Crippen molar-refractivity contribution < 1.29 is 4.79 Å². The van der Waals surface area contributed by atoms with Crippen LogP contribution in [0.15, 0.2) is 24.3 Å². The van der Waals surface area contributed by atoms with E-state index in [0.717, 1.165) is 55.1 Å². The van der Waals surface area contributed by atoms with E-state index in [-0.39, 0.29) is 24.4 Å². The molecule has 2 atom stereocenters. The van der Waals surface area contributed by atoms with Crippen LogP contribution in [0.3, 0.4) is 0 Å². The van der Waals surface area contributed by atoms with Crippen molar-refractivity contribution in [2.45, 2.75) is 64.0 Å². The van der Waals surface area contributed by atoms with E-state index in [2.05, 4.69) is 20.1 Å². The fraction of sp³-hybridized carbons (Fsp3) is 0.550. The van der Waals surface area contributed by atoms with Gasteiger partial charge in [-0.1, -0.05) is 12.8 Å². The lowest BCUT2D eigenvalue weighted by molar-refractivity contribution is -0.117. The molecule has 1 aromatic heterocycles. The van der Waals surface area contributed by atoms with Gasteiger partial charge < -0.3 is 15.6 Å². The largest absolute Gasteiger partial charge is 0.327 e. The lowest BCUT2D eigenvalue weighted by atomic mass is 10.00. The summed E-state index contributed by atoms with van der Waals surface area (Å²) in [6.45, 7) is 0.984. The van der Waals surface area contributed by atoms with Gasteiger partial charge in [-0.3, -0.25) is 4.79 Å². The van der Waals surface area contributed by atoms with E-state index in [1.54, 1.807) is 0 Å². The van der Waals surface area contributed by atoms with Crippen molar-refractivity contribution in [1.29, 1.82) is 0 Å². The highest BCUT2D eigenvalue weighted by atomic mass is 35.5. The normalized spacial score (nSPS) is 21.8. The zero-order valence-electron chi connectivity index (χ0n) is 15.6. The highest BCUT2D eigenvalue weighted by molar-refractivity contribution is 5.91. The van der Waals surface area contributed by atoms with Crippen LogP contribution in [0.5, 0.6) is 0 Å². The molecule has 1 aliphatic heterocycles. The Morgan fingerprint density at radius 2 is 1.93 bits per heavy atom. The van der Waals surface area contributed by atoms with Crippen molar-refractivity contribution in [3.05, 3.63) is 30.1 Å². The number of fused-ring (bicyclic) bond motifs is 1. The zero-order chi connectivity index (χ0) is 17.9. The third-order valence-electron chi connectivity index (χ3n) is 5.70. The van der Waals surface area contributed by atoms with Crippen molar-refractivity contribution in [2.75, 3.05) is 5.32 Å². The van der Waals surface area contributed by atoms with E-state index in [9.17, 15) is 4.79 Å². The zero-order valence-corrected chi connectivity index (χ0v) is 16.4. The third kappa shape index (κ3) is 4.50. The summed E-state index contributed by atoms with van der Waals surface area (Å²) in [6.07, 6.45) is 8.37. The highest BCUT2D eigenvalue weighted by Gasteiger charge is 2.26. The first-order valence-electron chi connectivity index (χ1n) is 9.78. The van der Waals surface area contributed by atoms with Crippen molar-refractivity contribution in [2.24, 2.45) is 11.7 Å². The molecule has 1 aromatic carbocycles. The second kappa shape index (κ2) is 8.85. The first kappa shape index (κ1) is 19.8. The van der Waals surface area contributed by atoms with Gasteiger partial charge in [0.25, 0.3) is 0 Å². The molecular weight excluding hydrogens is 362 g/mol. The molecule has 7 heteroatoms. The molecule has 1 fully saturated rings. The molecule has 146 valence electrons. The van der Waals surface area contributed by atoms with Crippen LogP contribution in [-0.4, -0.2) is 26.7 Å². The van der Waals surface area contributed by atoms with Gasteiger partial charge in [-0.2, -0.15) is 0 Å². The highest BCUT2D eigenvalue weighted by Crippen LogP contribution is 2.28. The molecular formula is C20H28ClN5O. The van der Waals surface area contributed by atoms with Crippen LogP contribution < -0.4 is 11.1 Å². The molecule has 27 heavy (non-hydrogen) atoms. The topological polar surface area (TPSA) is 85.8 Å². The van der Waals surface area contributed by atoms with Crippen LogP contribution in [0.4, 0.5) is 5.69 Å². The average molecular weight is 390 g/mol. The van der Waals surface area contributed by atoms with Gasteiger partial charge >= 0.3 is 0 Å². The molecule has 0 saturated heterocycles. The van der Waals surface area contributed by atoms with Gasteiger partial charge in [0.15, 0.2) is 5.82 Å². The van der Waals surface area contributed by atoms with Crippen molar-refractivity contribution in [1.82, 2.24) is 14.8 Å². The predicted octanol–water partition coefficient (Wildman–Crippen LogP) is 3.55. The number of hydrogen-bond donors (Lipinski definition) is 2. The number of benzene rings is 1. The maximum atomic E-state index is 12.3. The predicted molar refractivity (Wildman–Crippen MR) is 109 cm³/mol. The van der Waals surface area contributed by atoms with E-state index in [0.29, 0.717) is 12.3 Å². The summed E-state index contributed by atoms with van der Waals surface area (Å²) in [5, 5.41) is 11.7. The summed E-state index contributed by atoms with van der Waals surface area (Å²) in [5.74, 6) is 2.39. The molecule has 6 nitrogen and oxygen atoms in total. The quantitative estimate of drug-likeness (QED) is 0.837. The first-order valence-corrected chi connectivity index (χ1v) is 9.78. The number of carbonyl (C=O) groups excluding carboxylic acids is 1. The SMILES string of the molecule is Cl.N[C@@H]1CCC[C@H]1CC(=O)Nc1ccc(-c2nnc3n2CCCCC3)cc1. The second-order valence-electron chi connectivity index (χ2n) is 7.59. The lowest BCUT2D eigenvalue weighted by Gasteiger charge is -2.15. The van der Waals surface area contributed by atoms with Crippen LogP contribution in [0.2, 0.25) is 0 Å². The minimum atomic E-state index is 0. The van der Waals surface area contributed by atoms with Crippen molar-refractivity contribution in [3.8, 4) is 11.4 Å². The Morgan fingerprint density at radius 3 is 2.67 bits per heavy atom. The number of aromatic nitrogens is 3. The minimum Gasteiger partial charge on any atom is -0.327 e. The number of aryl methyl sites for hydroxylation is 1. The number of halogens is 1. The van der Waals surface area contributed by atoms with Crippen LogP contribution in [0.25, 0.3) is 11.4 Å². The second-order valence-corrected chi connectivity index (χ2v) is 7.59. The maximum absolute atomic E-state index is 12.3. The average Bonchev–Trinajstić information content (AvgIpc) is 3.14. The van der Waals surface area contributed by atoms with Crippen LogP contribution in [-0.2, 0) is 17.8 Å². The molecule has 3 N–H and O–H groups in total. The summed E-state index contributed by atoms with van der Waals surface area (Å²) in [6, 6.07) is 8.09. The number of hydrogen-bond acceptors (Lipinski definition) is 4. The Bertz CT molecular complexity index is 773. The van der Waals surface area contributed by atoms with E-state index in [4.69, 9.17) is 5.73 Å². The van der Waals surface area contributed by atoms with Gasteiger partial charge in [-0.25, -0.2) is 0 Å². The summed E-state index contributed by atoms with van der Waals surface area (Å²) in [7, 11) is 0.